The van der Waals surface area contributed by atoms with E-state index in [1.165, 1.54) is 16.7 Å². The molecule has 0 aromatic heterocycles. The van der Waals surface area contributed by atoms with E-state index in [9.17, 15) is 0 Å². The fourth-order valence-corrected chi connectivity index (χ4v) is 3.91. The Bertz CT molecular complexity index is 514. The summed E-state index contributed by atoms with van der Waals surface area (Å²) < 4.78 is 11.8. The van der Waals surface area contributed by atoms with Gasteiger partial charge in [0.15, 0.2) is 0 Å². The Morgan fingerprint density at radius 1 is 1.17 bits per heavy atom. The molecule has 2 heteroatoms. The molecule has 0 saturated carbocycles. The first-order chi connectivity index (χ1) is 8.59. The van der Waals surface area contributed by atoms with Gasteiger partial charge in [0.25, 0.3) is 0 Å². The van der Waals surface area contributed by atoms with Gasteiger partial charge in [0, 0.05) is 31.1 Å². The minimum atomic E-state index is -0.656. The molecule has 2 atom stereocenters. The monoisotopic (exact) mass is 244 g/mol. The zero-order valence-corrected chi connectivity index (χ0v) is 11.5. The number of fused-ring (bicyclic) bond motifs is 4. The minimum absolute atomic E-state index is 0.0739. The summed E-state index contributed by atoms with van der Waals surface area (Å²) in [6.07, 6.45) is 3.44. The van der Waals surface area contributed by atoms with Crippen LogP contribution in [0.1, 0.15) is 37.3 Å². The zero-order chi connectivity index (χ0) is 13.0. The molecule has 0 heterocycles. The zero-order valence-electron chi connectivity index (χ0n) is 11.5. The molecule has 1 aromatic carbocycles. The SMILES string of the molecule is COC1(OC)c2ccccc2[C@@H]2C=C(C)[C@@]1(C)C2. The lowest BCUT2D eigenvalue weighted by molar-refractivity contribution is -0.277. The highest BCUT2D eigenvalue weighted by Gasteiger charge is 2.59. The van der Waals surface area contributed by atoms with Gasteiger partial charge in [-0.05, 0) is 18.9 Å². The van der Waals surface area contributed by atoms with E-state index in [0.29, 0.717) is 5.92 Å². The van der Waals surface area contributed by atoms with E-state index in [-0.39, 0.29) is 5.41 Å². The first-order valence-electron chi connectivity index (χ1n) is 6.47. The summed E-state index contributed by atoms with van der Waals surface area (Å²) in [6, 6.07) is 8.49. The van der Waals surface area contributed by atoms with E-state index < -0.39 is 5.79 Å². The average Bonchev–Trinajstić information content (AvgIpc) is 2.66. The Hall–Kier alpha value is -1.12. The molecular weight excluding hydrogens is 224 g/mol. The fraction of sp³-hybridized carbons (Fsp3) is 0.500. The van der Waals surface area contributed by atoms with Gasteiger partial charge in [-0.2, -0.15) is 0 Å². The average molecular weight is 244 g/mol. The van der Waals surface area contributed by atoms with Gasteiger partial charge >= 0.3 is 0 Å². The molecule has 0 N–H and O–H groups in total. The van der Waals surface area contributed by atoms with Gasteiger partial charge in [0.1, 0.15) is 0 Å². The summed E-state index contributed by atoms with van der Waals surface area (Å²) in [5, 5.41) is 0. The van der Waals surface area contributed by atoms with Crippen molar-refractivity contribution in [3.05, 3.63) is 47.0 Å². The second-order valence-corrected chi connectivity index (χ2v) is 5.60. The van der Waals surface area contributed by atoms with Gasteiger partial charge in [0.05, 0.1) is 0 Å². The predicted octanol–water partition coefficient (Wildman–Crippen LogP) is 3.59. The Kier molecular flexibility index (Phi) is 2.45. The maximum atomic E-state index is 5.89. The number of methoxy groups -OCH3 is 2. The topological polar surface area (TPSA) is 18.5 Å². The van der Waals surface area contributed by atoms with Gasteiger partial charge in [-0.15, -0.1) is 0 Å². The molecule has 2 aliphatic rings. The fourth-order valence-electron chi connectivity index (χ4n) is 3.91. The normalized spacial score (nSPS) is 32.0. The third-order valence-corrected chi connectivity index (χ3v) is 4.97. The van der Waals surface area contributed by atoms with E-state index in [1.54, 1.807) is 14.2 Å². The van der Waals surface area contributed by atoms with Crippen LogP contribution in [0.25, 0.3) is 0 Å². The number of rotatable bonds is 2. The van der Waals surface area contributed by atoms with E-state index in [2.05, 4.69) is 44.2 Å². The molecule has 1 aromatic rings. The van der Waals surface area contributed by atoms with Crippen LogP contribution in [-0.4, -0.2) is 14.2 Å². The van der Waals surface area contributed by atoms with E-state index in [1.807, 2.05) is 0 Å². The molecule has 2 aliphatic carbocycles. The Morgan fingerprint density at radius 2 is 1.83 bits per heavy atom. The first-order valence-corrected chi connectivity index (χ1v) is 6.47. The molecule has 0 radical (unpaired) electrons. The van der Waals surface area contributed by atoms with Gasteiger partial charge < -0.3 is 9.47 Å². The Morgan fingerprint density at radius 3 is 2.50 bits per heavy atom. The second-order valence-electron chi connectivity index (χ2n) is 5.60. The second kappa shape index (κ2) is 3.69. The van der Waals surface area contributed by atoms with Crippen LogP contribution in [0, 0.1) is 5.41 Å². The van der Waals surface area contributed by atoms with E-state index >= 15 is 0 Å². The smallest absolute Gasteiger partial charge is 0.203 e. The molecule has 0 aliphatic heterocycles. The number of hydrogen-bond donors (Lipinski definition) is 0. The largest absolute Gasteiger partial charge is 0.349 e. The van der Waals surface area contributed by atoms with Crippen molar-refractivity contribution in [2.45, 2.75) is 32.0 Å². The molecule has 18 heavy (non-hydrogen) atoms. The first kappa shape index (κ1) is 11.9. The highest BCUT2D eigenvalue weighted by Crippen LogP contribution is 2.62. The van der Waals surface area contributed by atoms with Gasteiger partial charge in [0.2, 0.25) is 5.79 Å². The number of benzene rings is 1. The minimum Gasteiger partial charge on any atom is -0.349 e. The lowest BCUT2D eigenvalue weighted by Crippen LogP contribution is -2.49. The molecule has 3 rings (SSSR count). The molecule has 0 amide bonds. The predicted molar refractivity (Wildman–Crippen MR) is 71.4 cm³/mol. The molecule has 2 nitrogen and oxygen atoms in total. The molecule has 0 fully saturated rings. The van der Waals surface area contributed by atoms with Crippen molar-refractivity contribution in [3.8, 4) is 0 Å². The van der Waals surface area contributed by atoms with Crippen LogP contribution in [0.15, 0.2) is 35.9 Å². The lowest BCUT2D eigenvalue weighted by atomic mass is 9.66. The van der Waals surface area contributed by atoms with E-state index in [4.69, 9.17) is 9.47 Å². The summed E-state index contributed by atoms with van der Waals surface area (Å²) >= 11 is 0. The Balaban J connectivity index is 2.32. The van der Waals surface area contributed by atoms with Crippen molar-refractivity contribution in [1.82, 2.24) is 0 Å². The standard InChI is InChI=1S/C16H20O2/c1-11-9-12-10-15(11,2)16(17-3,18-4)14-8-6-5-7-13(12)14/h5-9,12H,10H2,1-4H3/t12-,15-/m1/s1. The van der Waals surface area contributed by atoms with Crippen molar-refractivity contribution < 1.29 is 9.47 Å². The Labute approximate surface area is 109 Å². The summed E-state index contributed by atoms with van der Waals surface area (Å²) in [6.45, 7) is 4.44. The third-order valence-electron chi connectivity index (χ3n) is 4.97. The number of hydrogen-bond acceptors (Lipinski definition) is 2. The summed E-state index contributed by atoms with van der Waals surface area (Å²) in [4.78, 5) is 0. The highest BCUT2D eigenvalue weighted by molar-refractivity contribution is 5.48. The number of ether oxygens (including phenoxy) is 2. The van der Waals surface area contributed by atoms with Crippen molar-refractivity contribution in [1.29, 1.82) is 0 Å². The van der Waals surface area contributed by atoms with Crippen LogP contribution in [0.4, 0.5) is 0 Å². The van der Waals surface area contributed by atoms with E-state index in [0.717, 1.165) is 6.42 Å². The summed E-state index contributed by atoms with van der Waals surface area (Å²) in [5.41, 5.74) is 3.82. The van der Waals surface area contributed by atoms with Crippen LogP contribution in [-0.2, 0) is 15.3 Å². The molecule has 0 saturated heterocycles. The van der Waals surface area contributed by atoms with Crippen molar-refractivity contribution in [3.63, 3.8) is 0 Å². The van der Waals surface area contributed by atoms with Gasteiger partial charge in [-0.25, -0.2) is 0 Å². The van der Waals surface area contributed by atoms with Gasteiger partial charge in [-0.3, -0.25) is 0 Å². The maximum Gasteiger partial charge on any atom is 0.203 e. The lowest BCUT2D eigenvalue weighted by Gasteiger charge is -2.49. The van der Waals surface area contributed by atoms with Crippen LogP contribution >= 0.6 is 0 Å². The summed E-state index contributed by atoms with van der Waals surface area (Å²) in [5.74, 6) is -0.151. The molecule has 0 spiro atoms. The van der Waals surface area contributed by atoms with Crippen LogP contribution in [0.2, 0.25) is 0 Å². The van der Waals surface area contributed by atoms with Crippen LogP contribution in [0.3, 0.4) is 0 Å². The van der Waals surface area contributed by atoms with Crippen LogP contribution < -0.4 is 0 Å². The quantitative estimate of drug-likeness (QED) is 0.584. The molecule has 2 bridgehead atoms. The maximum absolute atomic E-state index is 5.89. The third kappa shape index (κ3) is 1.15. The number of allylic oxidation sites excluding steroid dienone is 1. The van der Waals surface area contributed by atoms with Gasteiger partial charge in [-0.1, -0.05) is 42.8 Å². The molecule has 0 unspecified atom stereocenters. The van der Waals surface area contributed by atoms with Crippen molar-refractivity contribution in [2.24, 2.45) is 5.41 Å². The summed E-state index contributed by atoms with van der Waals surface area (Å²) in [7, 11) is 3.49. The van der Waals surface area contributed by atoms with Crippen molar-refractivity contribution in [2.75, 3.05) is 14.2 Å². The van der Waals surface area contributed by atoms with Crippen LogP contribution in [0.5, 0.6) is 0 Å². The molecular formula is C16H20O2. The highest BCUT2D eigenvalue weighted by atomic mass is 16.7. The van der Waals surface area contributed by atoms with Crippen molar-refractivity contribution >= 4 is 0 Å². The molecule has 96 valence electrons.